The van der Waals surface area contributed by atoms with E-state index in [-0.39, 0.29) is 22.2 Å². The highest BCUT2D eigenvalue weighted by molar-refractivity contribution is 14.1. The lowest BCUT2D eigenvalue weighted by molar-refractivity contribution is 0.102. The summed E-state index contributed by atoms with van der Waals surface area (Å²) in [4.78, 5) is 12.1. The van der Waals surface area contributed by atoms with E-state index < -0.39 is 0 Å². The monoisotopic (exact) mass is 451 g/mol. The molecule has 0 spiro atoms. The SMILES string of the molecule is O=C(Nc1ccc(I)cc1Br)c1cc(O)ccc1Cl. The van der Waals surface area contributed by atoms with Crippen molar-refractivity contribution in [1.82, 2.24) is 0 Å². The van der Waals surface area contributed by atoms with Crippen LogP contribution in [-0.4, -0.2) is 11.0 Å². The minimum atomic E-state index is -0.372. The summed E-state index contributed by atoms with van der Waals surface area (Å²) in [6.07, 6.45) is 0. The minimum Gasteiger partial charge on any atom is -0.508 e. The molecule has 0 heterocycles. The number of hydrogen-bond donors (Lipinski definition) is 2. The molecule has 0 aliphatic rings. The lowest BCUT2D eigenvalue weighted by Crippen LogP contribution is -2.12. The molecule has 98 valence electrons. The number of benzene rings is 2. The van der Waals surface area contributed by atoms with E-state index in [4.69, 9.17) is 11.6 Å². The highest BCUT2D eigenvalue weighted by Gasteiger charge is 2.13. The molecule has 3 nitrogen and oxygen atoms in total. The van der Waals surface area contributed by atoms with Gasteiger partial charge in [-0.15, -0.1) is 0 Å². The summed E-state index contributed by atoms with van der Waals surface area (Å²) in [5.74, 6) is -0.376. The molecular formula is C13H8BrClINO2. The number of aromatic hydroxyl groups is 1. The zero-order valence-electron chi connectivity index (χ0n) is 9.45. The second kappa shape index (κ2) is 6.11. The van der Waals surface area contributed by atoms with Crippen LogP contribution in [0.15, 0.2) is 40.9 Å². The average Bonchev–Trinajstić information content (AvgIpc) is 2.35. The van der Waals surface area contributed by atoms with Gasteiger partial charge in [-0.3, -0.25) is 4.79 Å². The van der Waals surface area contributed by atoms with E-state index >= 15 is 0 Å². The summed E-state index contributed by atoms with van der Waals surface area (Å²) in [7, 11) is 0. The van der Waals surface area contributed by atoms with Gasteiger partial charge in [0.2, 0.25) is 0 Å². The number of nitrogens with one attached hydrogen (secondary N) is 1. The Morgan fingerprint density at radius 3 is 2.68 bits per heavy atom. The molecule has 6 heteroatoms. The van der Waals surface area contributed by atoms with Crippen molar-refractivity contribution in [3.05, 3.63) is 55.0 Å². The molecule has 0 saturated carbocycles. The predicted molar refractivity (Wildman–Crippen MR) is 87.9 cm³/mol. The van der Waals surface area contributed by atoms with Crippen molar-refractivity contribution in [2.24, 2.45) is 0 Å². The lowest BCUT2D eigenvalue weighted by Gasteiger charge is -2.09. The zero-order valence-corrected chi connectivity index (χ0v) is 14.0. The summed E-state index contributed by atoms with van der Waals surface area (Å²) in [5.41, 5.74) is 0.872. The van der Waals surface area contributed by atoms with Crippen LogP contribution in [0.25, 0.3) is 0 Å². The standard InChI is InChI=1S/C13H8BrClINO2/c14-10-5-7(16)1-4-12(10)17-13(19)9-6-8(18)2-3-11(9)15/h1-6,18H,(H,17,19). The van der Waals surface area contributed by atoms with Gasteiger partial charge in [-0.2, -0.15) is 0 Å². The fourth-order valence-corrected chi connectivity index (χ4v) is 3.07. The first-order valence-corrected chi connectivity index (χ1v) is 7.47. The van der Waals surface area contributed by atoms with Gasteiger partial charge in [-0.05, 0) is 74.9 Å². The normalized spacial score (nSPS) is 10.3. The Kier molecular flexibility index (Phi) is 4.70. The summed E-state index contributed by atoms with van der Waals surface area (Å²) in [6, 6.07) is 9.80. The van der Waals surface area contributed by atoms with E-state index in [1.807, 2.05) is 12.1 Å². The zero-order chi connectivity index (χ0) is 14.0. The van der Waals surface area contributed by atoms with E-state index in [9.17, 15) is 9.90 Å². The Morgan fingerprint density at radius 2 is 2.00 bits per heavy atom. The molecule has 0 bridgehead atoms. The van der Waals surface area contributed by atoms with E-state index in [0.717, 1.165) is 8.04 Å². The molecule has 2 rings (SSSR count). The van der Waals surface area contributed by atoms with Crippen LogP contribution in [0.5, 0.6) is 5.75 Å². The van der Waals surface area contributed by atoms with Gasteiger partial charge in [-0.25, -0.2) is 0 Å². The smallest absolute Gasteiger partial charge is 0.257 e. The third kappa shape index (κ3) is 3.61. The summed E-state index contributed by atoms with van der Waals surface area (Å²) in [6.45, 7) is 0. The van der Waals surface area contributed by atoms with Crippen molar-refractivity contribution in [2.75, 3.05) is 5.32 Å². The summed E-state index contributed by atoms with van der Waals surface area (Å²) in [5, 5.41) is 12.4. The maximum Gasteiger partial charge on any atom is 0.257 e. The molecule has 0 atom stereocenters. The average molecular weight is 452 g/mol. The molecular weight excluding hydrogens is 444 g/mol. The topological polar surface area (TPSA) is 49.3 Å². The first-order valence-electron chi connectivity index (χ1n) is 5.22. The van der Waals surface area contributed by atoms with Crippen LogP contribution in [-0.2, 0) is 0 Å². The molecule has 0 unspecified atom stereocenters. The van der Waals surface area contributed by atoms with E-state index in [2.05, 4.69) is 43.8 Å². The van der Waals surface area contributed by atoms with Crippen molar-refractivity contribution in [1.29, 1.82) is 0 Å². The van der Waals surface area contributed by atoms with Gasteiger partial charge >= 0.3 is 0 Å². The number of hydrogen-bond acceptors (Lipinski definition) is 2. The molecule has 2 N–H and O–H groups in total. The lowest BCUT2D eigenvalue weighted by atomic mass is 10.2. The number of rotatable bonds is 2. The Bertz CT molecular complexity index is 649. The highest BCUT2D eigenvalue weighted by Crippen LogP contribution is 2.27. The molecule has 19 heavy (non-hydrogen) atoms. The predicted octanol–water partition coefficient (Wildman–Crippen LogP) is 4.67. The quantitative estimate of drug-likeness (QED) is 0.651. The minimum absolute atomic E-state index is 0.00349. The van der Waals surface area contributed by atoms with Crippen molar-refractivity contribution < 1.29 is 9.90 Å². The number of anilines is 1. The van der Waals surface area contributed by atoms with Gasteiger partial charge < -0.3 is 10.4 Å². The maximum absolute atomic E-state index is 12.1. The summed E-state index contributed by atoms with van der Waals surface area (Å²) < 4.78 is 1.84. The molecule has 0 aromatic heterocycles. The number of phenolic OH excluding ortho intramolecular Hbond substituents is 1. The first kappa shape index (κ1) is 14.6. The van der Waals surface area contributed by atoms with E-state index in [1.165, 1.54) is 18.2 Å². The largest absolute Gasteiger partial charge is 0.508 e. The van der Waals surface area contributed by atoms with Gasteiger partial charge in [0.05, 0.1) is 16.3 Å². The van der Waals surface area contributed by atoms with Crippen LogP contribution < -0.4 is 5.32 Å². The fourth-order valence-electron chi connectivity index (χ4n) is 1.47. The Balaban J connectivity index is 2.28. The van der Waals surface area contributed by atoms with Gasteiger partial charge in [0, 0.05) is 8.04 Å². The third-order valence-electron chi connectivity index (χ3n) is 2.37. The van der Waals surface area contributed by atoms with Crippen LogP contribution in [0, 0.1) is 3.57 Å². The van der Waals surface area contributed by atoms with Crippen LogP contribution in [0.1, 0.15) is 10.4 Å². The fraction of sp³-hybridized carbons (Fsp3) is 0. The molecule has 0 aliphatic heterocycles. The number of amides is 1. The molecule has 0 aliphatic carbocycles. The third-order valence-corrected chi connectivity index (χ3v) is 4.03. The van der Waals surface area contributed by atoms with Crippen molar-refractivity contribution in [3.63, 3.8) is 0 Å². The number of carbonyl (C=O) groups excluding carboxylic acids is 1. The van der Waals surface area contributed by atoms with Crippen molar-refractivity contribution in [2.45, 2.75) is 0 Å². The van der Waals surface area contributed by atoms with Crippen LogP contribution in [0.2, 0.25) is 5.02 Å². The van der Waals surface area contributed by atoms with Crippen LogP contribution >= 0.6 is 50.1 Å². The first-order chi connectivity index (χ1) is 8.97. The Morgan fingerprint density at radius 1 is 1.26 bits per heavy atom. The van der Waals surface area contributed by atoms with Gasteiger partial charge in [0.25, 0.3) is 5.91 Å². The molecule has 0 fully saturated rings. The van der Waals surface area contributed by atoms with Gasteiger partial charge in [-0.1, -0.05) is 11.6 Å². The Hall–Kier alpha value is -0.790. The highest BCUT2D eigenvalue weighted by atomic mass is 127. The number of carbonyl (C=O) groups is 1. The van der Waals surface area contributed by atoms with Crippen LogP contribution in [0.3, 0.4) is 0 Å². The molecule has 1 amide bonds. The van der Waals surface area contributed by atoms with Crippen molar-refractivity contribution in [3.8, 4) is 5.75 Å². The van der Waals surface area contributed by atoms with E-state index in [1.54, 1.807) is 6.07 Å². The second-order valence-electron chi connectivity index (χ2n) is 3.74. The molecule has 2 aromatic carbocycles. The number of phenols is 1. The second-order valence-corrected chi connectivity index (χ2v) is 6.25. The molecule has 2 aromatic rings. The maximum atomic E-state index is 12.1. The Labute approximate surface area is 137 Å². The van der Waals surface area contributed by atoms with Crippen LogP contribution in [0.4, 0.5) is 5.69 Å². The van der Waals surface area contributed by atoms with Crippen molar-refractivity contribution >= 4 is 61.7 Å². The van der Waals surface area contributed by atoms with Gasteiger partial charge in [0.1, 0.15) is 5.75 Å². The van der Waals surface area contributed by atoms with E-state index in [0.29, 0.717) is 5.69 Å². The number of halogens is 3. The molecule has 0 radical (unpaired) electrons. The summed E-state index contributed by atoms with van der Waals surface area (Å²) >= 11 is 11.5. The van der Waals surface area contributed by atoms with Gasteiger partial charge in [0.15, 0.2) is 0 Å². The molecule has 0 saturated heterocycles.